The van der Waals surface area contributed by atoms with E-state index in [4.69, 9.17) is 4.74 Å². The Morgan fingerprint density at radius 1 is 1.40 bits per heavy atom. The number of rotatable bonds is 4. The van der Waals surface area contributed by atoms with E-state index in [1.807, 2.05) is 0 Å². The Kier molecular flexibility index (Phi) is 4.54. The Bertz CT molecular complexity index is 522. The Morgan fingerprint density at radius 3 is 2.80 bits per heavy atom. The fraction of sp³-hybridized carbons (Fsp3) is 0.643. The molecule has 1 aromatic rings. The van der Waals surface area contributed by atoms with E-state index < -0.39 is 0 Å². The summed E-state index contributed by atoms with van der Waals surface area (Å²) < 4.78 is 6.54. The highest BCUT2D eigenvalue weighted by Crippen LogP contribution is 2.24. The monoisotopic (exact) mass is 279 g/mol. The standard InChI is InChI=1S/C14H21N3O3/c1-16(8-9-20-3)14(19)12-10-6-4-5-7-11(18)13(10)17(2)15-12/h4-9H2,1-3H3. The van der Waals surface area contributed by atoms with Crippen LogP contribution in [0.4, 0.5) is 0 Å². The van der Waals surface area contributed by atoms with Crippen LogP contribution in [-0.4, -0.2) is 53.7 Å². The van der Waals surface area contributed by atoms with Gasteiger partial charge in [0.25, 0.3) is 5.91 Å². The predicted molar refractivity (Wildman–Crippen MR) is 73.9 cm³/mol. The molecule has 0 aromatic carbocycles. The lowest BCUT2D eigenvalue weighted by molar-refractivity contribution is 0.0736. The van der Waals surface area contributed by atoms with E-state index in [-0.39, 0.29) is 11.7 Å². The molecule has 1 heterocycles. The number of hydrogen-bond donors (Lipinski definition) is 0. The van der Waals surface area contributed by atoms with Crippen LogP contribution in [0.3, 0.4) is 0 Å². The number of fused-ring (bicyclic) bond motifs is 1. The third-order valence-corrected chi connectivity index (χ3v) is 3.67. The van der Waals surface area contributed by atoms with E-state index in [0.29, 0.717) is 31.0 Å². The maximum atomic E-state index is 12.4. The summed E-state index contributed by atoms with van der Waals surface area (Å²) in [6, 6.07) is 0. The zero-order chi connectivity index (χ0) is 14.7. The van der Waals surface area contributed by atoms with Gasteiger partial charge in [0.2, 0.25) is 0 Å². The molecular weight excluding hydrogens is 258 g/mol. The minimum Gasteiger partial charge on any atom is -0.383 e. The molecule has 0 bridgehead atoms. The van der Waals surface area contributed by atoms with Crippen LogP contribution in [0.15, 0.2) is 0 Å². The molecule has 0 spiro atoms. The van der Waals surface area contributed by atoms with Gasteiger partial charge in [-0.3, -0.25) is 14.3 Å². The number of likely N-dealkylation sites (N-methyl/N-ethyl adjacent to an activating group) is 1. The third-order valence-electron chi connectivity index (χ3n) is 3.67. The van der Waals surface area contributed by atoms with Crippen LogP contribution < -0.4 is 0 Å². The number of ketones is 1. The van der Waals surface area contributed by atoms with Crippen molar-refractivity contribution in [2.24, 2.45) is 7.05 Å². The van der Waals surface area contributed by atoms with Gasteiger partial charge in [0.05, 0.1) is 6.61 Å². The summed E-state index contributed by atoms with van der Waals surface area (Å²) in [5.41, 5.74) is 1.83. The summed E-state index contributed by atoms with van der Waals surface area (Å²) in [5.74, 6) is -0.0558. The highest BCUT2D eigenvalue weighted by Gasteiger charge is 2.28. The smallest absolute Gasteiger partial charge is 0.274 e. The third kappa shape index (κ3) is 2.75. The van der Waals surface area contributed by atoms with Gasteiger partial charge in [-0.25, -0.2) is 0 Å². The van der Waals surface area contributed by atoms with Crippen molar-refractivity contribution in [3.8, 4) is 0 Å². The van der Waals surface area contributed by atoms with E-state index >= 15 is 0 Å². The van der Waals surface area contributed by atoms with Crippen LogP contribution in [0.25, 0.3) is 0 Å². The fourth-order valence-electron chi connectivity index (χ4n) is 2.54. The van der Waals surface area contributed by atoms with Crippen LogP contribution in [0.2, 0.25) is 0 Å². The average molecular weight is 279 g/mol. The molecule has 6 heteroatoms. The molecule has 0 aliphatic heterocycles. The number of aromatic nitrogens is 2. The molecule has 1 amide bonds. The Balaban J connectivity index is 2.31. The van der Waals surface area contributed by atoms with E-state index in [0.717, 1.165) is 24.8 Å². The topological polar surface area (TPSA) is 64.4 Å². The lowest BCUT2D eigenvalue weighted by Gasteiger charge is -2.15. The van der Waals surface area contributed by atoms with E-state index in [2.05, 4.69) is 5.10 Å². The molecule has 1 aliphatic carbocycles. The van der Waals surface area contributed by atoms with Crippen molar-refractivity contribution in [3.05, 3.63) is 17.0 Å². The second kappa shape index (κ2) is 6.17. The van der Waals surface area contributed by atoms with Gasteiger partial charge in [-0.05, 0) is 19.3 Å². The highest BCUT2D eigenvalue weighted by atomic mass is 16.5. The first kappa shape index (κ1) is 14.7. The van der Waals surface area contributed by atoms with Crippen molar-refractivity contribution in [2.45, 2.75) is 25.7 Å². The molecule has 0 unspecified atom stereocenters. The lowest BCUT2D eigenvalue weighted by atomic mass is 10.1. The maximum absolute atomic E-state index is 12.4. The van der Waals surface area contributed by atoms with E-state index in [9.17, 15) is 9.59 Å². The molecule has 0 fully saturated rings. The van der Waals surface area contributed by atoms with Gasteiger partial charge in [-0.1, -0.05) is 0 Å². The number of amides is 1. The summed E-state index contributed by atoms with van der Waals surface area (Å²) in [5, 5.41) is 4.28. The molecule has 0 N–H and O–H groups in total. The Labute approximate surface area is 118 Å². The first-order chi connectivity index (χ1) is 9.56. The number of nitrogens with zero attached hydrogens (tertiary/aromatic N) is 3. The fourth-order valence-corrected chi connectivity index (χ4v) is 2.54. The summed E-state index contributed by atoms with van der Waals surface area (Å²) in [6.07, 6.45) is 3.08. The quantitative estimate of drug-likeness (QED) is 0.773. The number of hydrogen-bond acceptors (Lipinski definition) is 4. The molecule has 110 valence electrons. The minimum atomic E-state index is -0.145. The van der Waals surface area contributed by atoms with Gasteiger partial charge in [-0.2, -0.15) is 5.10 Å². The van der Waals surface area contributed by atoms with Gasteiger partial charge in [0.1, 0.15) is 5.69 Å². The number of carbonyl (C=O) groups is 2. The zero-order valence-corrected chi connectivity index (χ0v) is 12.3. The summed E-state index contributed by atoms with van der Waals surface area (Å²) in [6.45, 7) is 0.991. The van der Waals surface area contributed by atoms with Gasteiger partial charge in [-0.15, -0.1) is 0 Å². The minimum absolute atomic E-state index is 0.0890. The second-order valence-electron chi connectivity index (χ2n) is 5.15. The lowest BCUT2D eigenvalue weighted by Crippen LogP contribution is -2.31. The highest BCUT2D eigenvalue weighted by molar-refractivity contribution is 6.01. The first-order valence-electron chi connectivity index (χ1n) is 6.89. The molecule has 0 saturated heterocycles. The molecule has 1 aliphatic rings. The van der Waals surface area contributed by atoms with Gasteiger partial charge in [0, 0.05) is 39.7 Å². The van der Waals surface area contributed by atoms with Crippen LogP contribution in [0.1, 0.15) is 45.8 Å². The van der Waals surface area contributed by atoms with Gasteiger partial charge >= 0.3 is 0 Å². The van der Waals surface area contributed by atoms with Crippen molar-refractivity contribution in [1.82, 2.24) is 14.7 Å². The van der Waals surface area contributed by atoms with E-state index in [1.165, 1.54) is 0 Å². The largest absolute Gasteiger partial charge is 0.383 e. The molecule has 20 heavy (non-hydrogen) atoms. The number of carbonyl (C=O) groups excluding carboxylic acids is 2. The number of Topliss-reactive ketones (excluding diaryl/α,β-unsaturated/α-hetero) is 1. The molecule has 6 nitrogen and oxygen atoms in total. The van der Waals surface area contributed by atoms with Crippen molar-refractivity contribution in [2.75, 3.05) is 27.3 Å². The molecule has 0 radical (unpaired) electrons. The SMILES string of the molecule is COCCN(C)C(=O)c1nn(C)c2c1CCCCC2=O. The zero-order valence-electron chi connectivity index (χ0n) is 12.3. The molecule has 1 aromatic heterocycles. The Morgan fingerprint density at radius 2 is 2.10 bits per heavy atom. The second-order valence-corrected chi connectivity index (χ2v) is 5.15. The number of ether oxygens (including phenoxy) is 1. The average Bonchev–Trinajstić information content (AvgIpc) is 2.63. The van der Waals surface area contributed by atoms with Crippen molar-refractivity contribution < 1.29 is 14.3 Å². The predicted octanol–water partition coefficient (Wildman–Crippen LogP) is 1.05. The van der Waals surface area contributed by atoms with Crippen LogP contribution >= 0.6 is 0 Å². The Hall–Kier alpha value is -1.69. The van der Waals surface area contributed by atoms with Crippen molar-refractivity contribution >= 4 is 11.7 Å². The van der Waals surface area contributed by atoms with Crippen LogP contribution in [0.5, 0.6) is 0 Å². The summed E-state index contributed by atoms with van der Waals surface area (Å²) in [7, 11) is 5.05. The van der Waals surface area contributed by atoms with Crippen LogP contribution in [0, 0.1) is 0 Å². The molecule has 2 rings (SSSR count). The molecular formula is C14H21N3O3. The number of methoxy groups -OCH3 is 1. The molecule has 0 atom stereocenters. The van der Waals surface area contributed by atoms with Crippen LogP contribution in [-0.2, 0) is 18.2 Å². The van der Waals surface area contributed by atoms with Gasteiger partial charge in [0.15, 0.2) is 11.5 Å². The summed E-state index contributed by atoms with van der Waals surface area (Å²) in [4.78, 5) is 26.1. The summed E-state index contributed by atoms with van der Waals surface area (Å²) >= 11 is 0. The van der Waals surface area contributed by atoms with Gasteiger partial charge < -0.3 is 9.64 Å². The van der Waals surface area contributed by atoms with Crippen molar-refractivity contribution in [3.63, 3.8) is 0 Å². The normalized spacial score (nSPS) is 14.8. The van der Waals surface area contributed by atoms with Crippen molar-refractivity contribution in [1.29, 1.82) is 0 Å². The van der Waals surface area contributed by atoms with E-state index in [1.54, 1.807) is 30.8 Å². The number of aryl methyl sites for hydroxylation is 1. The maximum Gasteiger partial charge on any atom is 0.274 e. The first-order valence-corrected chi connectivity index (χ1v) is 6.89. The molecule has 0 saturated carbocycles.